The molecular formula is C22H20N4O2S. The fraction of sp³-hybridized carbons (Fsp3) is 0.136. The molecule has 0 radical (unpaired) electrons. The number of fused-ring (bicyclic) bond motifs is 1. The summed E-state index contributed by atoms with van der Waals surface area (Å²) in [7, 11) is 0. The summed E-state index contributed by atoms with van der Waals surface area (Å²) in [5.74, 6) is 1.55. The number of aryl methyl sites for hydroxylation is 1. The Kier molecular flexibility index (Phi) is 5.76. The number of carbonyl (C=O) groups excluding carboxylic acids is 1. The number of aromatic amines is 1. The molecule has 2 N–H and O–H groups in total. The van der Waals surface area contributed by atoms with Gasteiger partial charge in [-0.2, -0.15) is 0 Å². The van der Waals surface area contributed by atoms with Gasteiger partial charge >= 0.3 is 0 Å². The van der Waals surface area contributed by atoms with Gasteiger partial charge in [0, 0.05) is 11.1 Å². The lowest BCUT2D eigenvalue weighted by atomic mass is 10.1. The van der Waals surface area contributed by atoms with E-state index in [4.69, 9.17) is 4.74 Å². The lowest BCUT2D eigenvalue weighted by Crippen LogP contribution is -2.14. The van der Waals surface area contributed by atoms with Gasteiger partial charge in [0.05, 0.1) is 5.75 Å². The van der Waals surface area contributed by atoms with Gasteiger partial charge in [-0.1, -0.05) is 66.4 Å². The van der Waals surface area contributed by atoms with E-state index in [1.54, 1.807) is 0 Å². The van der Waals surface area contributed by atoms with Gasteiger partial charge in [0.2, 0.25) is 11.1 Å². The molecule has 7 heteroatoms. The maximum absolute atomic E-state index is 12.4. The van der Waals surface area contributed by atoms with E-state index in [0.29, 0.717) is 17.6 Å². The minimum absolute atomic E-state index is 0.103. The third-order valence-electron chi connectivity index (χ3n) is 4.37. The number of hydrogen-bond acceptors (Lipinski definition) is 5. The number of amides is 1. The number of benzene rings is 3. The molecule has 3 aromatic carbocycles. The van der Waals surface area contributed by atoms with Gasteiger partial charge in [-0.05, 0) is 30.0 Å². The lowest BCUT2D eigenvalue weighted by molar-refractivity contribution is -0.113. The molecule has 0 fully saturated rings. The maximum atomic E-state index is 12.4. The van der Waals surface area contributed by atoms with Crippen LogP contribution in [0.5, 0.6) is 5.75 Å². The van der Waals surface area contributed by atoms with Crippen LogP contribution in [0.3, 0.4) is 0 Å². The number of carbonyl (C=O) groups is 1. The number of hydrogen-bond donors (Lipinski definition) is 2. The number of ether oxygens (including phenoxy) is 1. The summed E-state index contributed by atoms with van der Waals surface area (Å²) in [6.45, 7) is 2.28. The number of rotatable bonds is 7. The van der Waals surface area contributed by atoms with Crippen LogP contribution in [0.25, 0.3) is 10.8 Å². The number of H-pyrrole nitrogens is 1. The molecule has 4 aromatic rings. The molecule has 0 saturated carbocycles. The Balaban J connectivity index is 1.31. The summed E-state index contributed by atoms with van der Waals surface area (Å²) in [5, 5.41) is 12.6. The average molecular weight is 404 g/mol. The molecule has 4 rings (SSSR count). The largest absolute Gasteiger partial charge is 0.485 e. The first-order valence-corrected chi connectivity index (χ1v) is 10.2. The topological polar surface area (TPSA) is 79.9 Å². The normalized spacial score (nSPS) is 10.8. The van der Waals surface area contributed by atoms with E-state index in [1.165, 1.54) is 11.8 Å². The first-order valence-electron chi connectivity index (χ1n) is 9.19. The lowest BCUT2D eigenvalue weighted by Gasteiger charge is -2.08. The van der Waals surface area contributed by atoms with Crippen molar-refractivity contribution in [3.8, 4) is 5.75 Å². The highest BCUT2D eigenvalue weighted by atomic mass is 32.2. The zero-order valence-electron chi connectivity index (χ0n) is 15.9. The Hall–Kier alpha value is -3.32. The summed E-state index contributed by atoms with van der Waals surface area (Å²) in [6, 6.07) is 21.6. The minimum Gasteiger partial charge on any atom is -0.485 e. The number of nitrogens with zero attached hydrogens (tertiary/aromatic N) is 2. The van der Waals surface area contributed by atoms with Crippen LogP contribution in [-0.2, 0) is 11.4 Å². The van der Waals surface area contributed by atoms with Crippen LogP contribution >= 0.6 is 11.8 Å². The van der Waals surface area contributed by atoms with Crippen molar-refractivity contribution < 1.29 is 9.53 Å². The molecule has 146 valence electrons. The second-order valence-electron chi connectivity index (χ2n) is 6.48. The van der Waals surface area contributed by atoms with E-state index in [0.717, 1.165) is 27.8 Å². The molecule has 0 aliphatic heterocycles. The monoisotopic (exact) mass is 404 g/mol. The van der Waals surface area contributed by atoms with Crippen LogP contribution in [-0.4, -0.2) is 26.8 Å². The summed E-state index contributed by atoms with van der Waals surface area (Å²) in [6.07, 6.45) is 0. The van der Waals surface area contributed by atoms with Crippen molar-refractivity contribution in [2.24, 2.45) is 0 Å². The van der Waals surface area contributed by atoms with E-state index in [-0.39, 0.29) is 11.7 Å². The van der Waals surface area contributed by atoms with Crippen molar-refractivity contribution in [3.05, 3.63) is 78.1 Å². The van der Waals surface area contributed by atoms with Crippen molar-refractivity contribution >= 4 is 34.1 Å². The van der Waals surface area contributed by atoms with Gasteiger partial charge in [0.1, 0.15) is 12.4 Å². The molecule has 0 aliphatic rings. The fourth-order valence-corrected chi connectivity index (χ4v) is 3.54. The highest BCUT2D eigenvalue weighted by molar-refractivity contribution is 7.99. The second-order valence-corrected chi connectivity index (χ2v) is 7.42. The van der Waals surface area contributed by atoms with Crippen molar-refractivity contribution in [1.82, 2.24) is 15.2 Å². The smallest absolute Gasteiger partial charge is 0.234 e. The Morgan fingerprint density at radius 2 is 1.86 bits per heavy atom. The van der Waals surface area contributed by atoms with Gasteiger partial charge in [0.15, 0.2) is 5.82 Å². The number of aromatic nitrogens is 3. The SMILES string of the molecule is Cc1ccccc1OCc1nc(SCC(=O)Nc2cccc3ccccc23)n[nH]1. The Morgan fingerprint density at radius 3 is 2.76 bits per heavy atom. The highest BCUT2D eigenvalue weighted by Gasteiger charge is 2.10. The number of para-hydroxylation sites is 1. The summed E-state index contributed by atoms with van der Waals surface area (Å²) in [5.41, 5.74) is 1.86. The van der Waals surface area contributed by atoms with Crippen molar-refractivity contribution in [3.63, 3.8) is 0 Å². The van der Waals surface area contributed by atoms with Crippen molar-refractivity contribution in [2.75, 3.05) is 11.1 Å². The third-order valence-corrected chi connectivity index (χ3v) is 5.21. The van der Waals surface area contributed by atoms with Crippen molar-refractivity contribution in [2.45, 2.75) is 18.7 Å². The van der Waals surface area contributed by atoms with Crippen LogP contribution in [0.2, 0.25) is 0 Å². The van der Waals surface area contributed by atoms with E-state index in [9.17, 15) is 4.79 Å². The maximum Gasteiger partial charge on any atom is 0.234 e. The molecule has 1 amide bonds. The van der Waals surface area contributed by atoms with E-state index < -0.39 is 0 Å². The Morgan fingerprint density at radius 1 is 1.07 bits per heavy atom. The minimum atomic E-state index is -0.103. The third kappa shape index (κ3) is 4.75. The molecule has 0 bridgehead atoms. The van der Waals surface area contributed by atoms with E-state index in [1.807, 2.05) is 73.7 Å². The molecule has 0 spiro atoms. The number of anilines is 1. The number of nitrogens with one attached hydrogen (secondary N) is 2. The molecular weight excluding hydrogens is 384 g/mol. The first kappa shape index (κ1) is 19.0. The summed E-state index contributed by atoms with van der Waals surface area (Å²) in [4.78, 5) is 16.7. The highest BCUT2D eigenvalue weighted by Crippen LogP contribution is 2.23. The summed E-state index contributed by atoms with van der Waals surface area (Å²) >= 11 is 1.28. The van der Waals surface area contributed by atoms with Crippen LogP contribution < -0.4 is 10.1 Å². The summed E-state index contributed by atoms with van der Waals surface area (Å²) < 4.78 is 5.76. The molecule has 0 aliphatic carbocycles. The molecule has 1 aromatic heterocycles. The average Bonchev–Trinajstić information content (AvgIpc) is 3.20. The standard InChI is InChI=1S/C22H20N4O2S/c1-15-7-2-5-12-19(15)28-13-20-24-22(26-25-20)29-14-21(27)23-18-11-6-9-16-8-3-4-10-17(16)18/h2-12H,13-14H2,1H3,(H,23,27)(H,24,25,26). The first-order chi connectivity index (χ1) is 14.2. The molecule has 0 saturated heterocycles. The predicted octanol–water partition coefficient (Wildman–Crippen LogP) is 4.58. The molecule has 1 heterocycles. The van der Waals surface area contributed by atoms with Gasteiger partial charge in [0.25, 0.3) is 0 Å². The molecule has 29 heavy (non-hydrogen) atoms. The van der Waals surface area contributed by atoms with Crippen LogP contribution in [0.1, 0.15) is 11.4 Å². The Labute approximate surface area is 172 Å². The van der Waals surface area contributed by atoms with Gasteiger partial charge in [-0.15, -0.1) is 5.10 Å². The predicted molar refractivity (Wildman–Crippen MR) is 115 cm³/mol. The fourth-order valence-electron chi connectivity index (χ4n) is 2.92. The van der Waals surface area contributed by atoms with Gasteiger partial charge < -0.3 is 10.1 Å². The van der Waals surface area contributed by atoms with E-state index >= 15 is 0 Å². The quantitative estimate of drug-likeness (QED) is 0.441. The zero-order valence-corrected chi connectivity index (χ0v) is 16.7. The van der Waals surface area contributed by atoms with Crippen LogP contribution in [0.4, 0.5) is 5.69 Å². The number of thioether (sulfide) groups is 1. The van der Waals surface area contributed by atoms with E-state index in [2.05, 4.69) is 20.5 Å². The van der Waals surface area contributed by atoms with Crippen LogP contribution in [0.15, 0.2) is 71.9 Å². The molecule has 0 unspecified atom stereocenters. The molecule has 6 nitrogen and oxygen atoms in total. The van der Waals surface area contributed by atoms with Gasteiger partial charge in [-0.3, -0.25) is 9.89 Å². The van der Waals surface area contributed by atoms with Crippen molar-refractivity contribution in [1.29, 1.82) is 0 Å². The molecule has 0 atom stereocenters. The Bertz CT molecular complexity index is 1140. The van der Waals surface area contributed by atoms with Crippen LogP contribution in [0, 0.1) is 6.92 Å². The van der Waals surface area contributed by atoms with Gasteiger partial charge in [-0.25, -0.2) is 4.98 Å². The zero-order chi connectivity index (χ0) is 20.1. The second kappa shape index (κ2) is 8.79.